The van der Waals surface area contributed by atoms with Gasteiger partial charge in [0.25, 0.3) is 10.1 Å². The minimum absolute atomic E-state index is 0.0216. The van der Waals surface area contributed by atoms with Crippen LogP contribution in [-0.4, -0.2) is 43.6 Å². The van der Waals surface area contributed by atoms with Crippen molar-refractivity contribution in [2.75, 3.05) is 24.7 Å². The van der Waals surface area contributed by atoms with Gasteiger partial charge in [0, 0.05) is 18.3 Å². The van der Waals surface area contributed by atoms with Gasteiger partial charge < -0.3 is 15.2 Å². The molecule has 1 unspecified atom stereocenters. The first-order valence-corrected chi connectivity index (χ1v) is 6.94. The van der Waals surface area contributed by atoms with Crippen molar-refractivity contribution in [1.29, 1.82) is 0 Å². The van der Waals surface area contributed by atoms with Gasteiger partial charge in [-0.1, -0.05) is 6.07 Å². The topological polar surface area (TPSA) is 95.9 Å². The lowest BCUT2D eigenvalue weighted by atomic mass is 10.2. The maximum Gasteiger partial charge on any atom is 0.267 e. The molecule has 1 aromatic rings. The number of rotatable bonds is 6. The van der Waals surface area contributed by atoms with Crippen LogP contribution in [0.15, 0.2) is 18.2 Å². The van der Waals surface area contributed by atoms with Crippen molar-refractivity contribution >= 4 is 15.8 Å². The molecular formula is C11H17NO5S. The van der Waals surface area contributed by atoms with Crippen LogP contribution in [0.5, 0.6) is 5.75 Å². The van der Waals surface area contributed by atoms with Crippen molar-refractivity contribution in [3.05, 3.63) is 23.8 Å². The van der Waals surface area contributed by atoms with Crippen molar-refractivity contribution in [3.8, 4) is 5.75 Å². The lowest BCUT2D eigenvalue weighted by molar-refractivity contribution is 0.208. The summed E-state index contributed by atoms with van der Waals surface area (Å²) >= 11 is 0. The number of nitrogens with one attached hydrogen (secondary N) is 1. The Morgan fingerprint density at radius 1 is 1.44 bits per heavy atom. The second-order valence-electron chi connectivity index (χ2n) is 3.96. The van der Waals surface area contributed by atoms with Gasteiger partial charge in [-0.3, -0.25) is 4.55 Å². The fourth-order valence-electron chi connectivity index (χ4n) is 1.45. The highest BCUT2D eigenvalue weighted by molar-refractivity contribution is 7.85. The Balaban J connectivity index is 2.63. The van der Waals surface area contributed by atoms with Crippen molar-refractivity contribution in [3.63, 3.8) is 0 Å². The zero-order chi connectivity index (χ0) is 13.8. The molecule has 7 heteroatoms. The number of aliphatic hydroxyl groups excluding tert-OH is 1. The molecule has 1 rings (SSSR count). The number of anilines is 1. The van der Waals surface area contributed by atoms with Crippen LogP contribution in [0, 0.1) is 6.92 Å². The van der Waals surface area contributed by atoms with Crippen molar-refractivity contribution in [1.82, 2.24) is 0 Å². The minimum atomic E-state index is -4.17. The van der Waals surface area contributed by atoms with Gasteiger partial charge in [-0.15, -0.1) is 0 Å². The molecule has 0 fully saturated rings. The van der Waals surface area contributed by atoms with Gasteiger partial charge in [0.15, 0.2) is 0 Å². The third-order valence-electron chi connectivity index (χ3n) is 2.38. The predicted molar refractivity (Wildman–Crippen MR) is 68.6 cm³/mol. The Bertz CT molecular complexity index is 500. The molecular weight excluding hydrogens is 258 g/mol. The second kappa shape index (κ2) is 6.03. The molecule has 3 N–H and O–H groups in total. The molecule has 0 saturated carbocycles. The molecule has 0 aliphatic heterocycles. The summed E-state index contributed by atoms with van der Waals surface area (Å²) < 4.78 is 34.8. The third-order valence-corrected chi connectivity index (χ3v) is 3.18. The van der Waals surface area contributed by atoms with E-state index in [1.807, 2.05) is 13.0 Å². The van der Waals surface area contributed by atoms with Crippen LogP contribution in [0.3, 0.4) is 0 Å². The monoisotopic (exact) mass is 275 g/mol. The first kappa shape index (κ1) is 14.7. The summed E-state index contributed by atoms with van der Waals surface area (Å²) in [6.07, 6.45) is -1.18. The summed E-state index contributed by atoms with van der Waals surface area (Å²) in [4.78, 5) is 0. The number of aliphatic hydroxyl groups is 1. The zero-order valence-electron chi connectivity index (χ0n) is 10.3. The van der Waals surface area contributed by atoms with Crippen LogP contribution in [0.1, 0.15) is 5.56 Å². The SMILES string of the molecule is COc1ccc(C)c(NCC(O)CS(=O)(=O)O)c1. The van der Waals surface area contributed by atoms with Crippen LogP contribution >= 0.6 is 0 Å². The third kappa shape index (κ3) is 4.91. The molecule has 6 nitrogen and oxygen atoms in total. The lowest BCUT2D eigenvalue weighted by Crippen LogP contribution is -2.27. The highest BCUT2D eigenvalue weighted by atomic mass is 32.2. The molecule has 0 heterocycles. The van der Waals surface area contributed by atoms with Gasteiger partial charge >= 0.3 is 0 Å². The Labute approximate surface area is 106 Å². The predicted octanol–water partition coefficient (Wildman–Crippen LogP) is 0.664. The lowest BCUT2D eigenvalue weighted by Gasteiger charge is -2.14. The van der Waals surface area contributed by atoms with Gasteiger partial charge in [0.1, 0.15) is 11.5 Å². The quantitative estimate of drug-likeness (QED) is 0.660. The molecule has 18 heavy (non-hydrogen) atoms. The Morgan fingerprint density at radius 2 is 2.11 bits per heavy atom. The maximum atomic E-state index is 10.6. The van der Waals surface area contributed by atoms with E-state index >= 15 is 0 Å². The van der Waals surface area contributed by atoms with Crippen molar-refractivity contribution in [2.45, 2.75) is 13.0 Å². The van der Waals surface area contributed by atoms with Crippen molar-refractivity contribution in [2.24, 2.45) is 0 Å². The highest BCUT2D eigenvalue weighted by Crippen LogP contribution is 2.21. The van der Waals surface area contributed by atoms with Gasteiger partial charge in [-0.2, -0.15) is 8.42 Å². The molecule has 1 aromatic carbocycles. The Morgan fingerprint density at radius 3 is 2.67 bits per heavy atom. The molecule has 0 aliphatic rings. The molecule has 0 aliphatic carbocycles. The van der Waals surface area contributed by atoms with E-state index in [0.717, 1.165) is 11.3 Å². The number of aryl methyl sites for hydroxylation is 1. The minimum Gasteiger partial charge on any atom is -0.497 e. The second-order valence-corrected chi connectivity index (χ2v) is 5.46. The van der Waals surface area contributed by atoms with E-state index in [9.17, 15) is 13.5 Å². The molecule has 0 bridgehead atoms. The van der Waals surface area contributed by atoms with Gasteiger partial charge in [0.2, 0.25) is 0 Å². The van der Waals surface area contributed by atoms with Crippen LogP contribution in [-0.2, 0) is 10.1 Å². The van der Waals surface area contributed by atoms with Gasteiger partial charge in [0.05, 0.1) is 13.2 Å². The maximum absolute atomic E-state index is 10.6. The van der Waals surface area contributed by atoms with Gasteiger partial charge in [-0.25, -0.2) is 0 Å². The molecule has 0 amide bonds. The summed E-state index contributed by atoms with van der Waals surface area (Å²) in [5.74, 6) is -0.0319. The average molecular weight is 275 g/mol. The van der Waals surface area contributed by atoms with Crippen LogP contribution in [0.25, 0.3) is 0 Å². The number of benzene rings is 1. The van der Waals surface area contributed by atoms with E-state index in [4.69, 9.17) is 9.29 Å². The molecule has 0 spiro atoms. The molecule has 1 atom stereocenters. The van der Waals surface area contributed by atoms with E-state index in [-0.39, 0.29) is 6.54 Å². The molecule has 102 valence electrons. The summed E-state index contributed by atoms with van der Waals surface area (Å²) in [6.45, 7) is 1.89. The number of methoxy groups -OCH3 is 1. The fourth-order valence-corrected chi connectivity index (χ4v) is 2.05. The number of hydrogen-bond acceptors (Lipinski definition) is 5. The summed E-state index contributed by atoms with van der Waals surface area (Å²) in [5.41, 5.74) is 1.68. The van der Waals surface area contributed by atoms with Crippen molar-refractivity contribution < 1.29 is 22.8 Å². The normalized spacial score (nSPS) is 13.1. The van der Waals surface area contributed by atoms with Crippen LogP contribution in [0.2, 0.25) is 0 Å². The molecule has 0 aromatic heterocycles. The zero-order valence-corrected chi connectivity index (χ0v) is 11.1. The van der Waals surface area contributed by atoms with Crippen LogP contribution in [0.4, 0.5) is 5.69 Å². The first-order valence-electron chi connectivity index (χ1n) is 5.33. The molecule has 0 saturated heterocycles. The first-order chi connectivity index (χ1) is 8.31. The highest BCUT2D eigenvalue weighted by Gasteiger charge is 2.14. The largest absolute Gasteiger partial charge is 0.497 e. The van der Waals surface area contributed by atoms with Crippen LogP contribution < -0.4 is 10.1 Å². The van der Waals surface area contributed by atoms with E-state index < -0.39 is 22.0 Å². The Kier molecular flexibility index (Phi) is 4.94. The van der Waals surface area contributed by atoms with E-state index in [2.05, 4.69) is 5.32 Å². The summed E-state index contributed by atoms with van der Waals surface area (Å²) in [5, 5.41) is 12.3. The summed E-state index contributed by atoms with van der Waals surface area (Å²) in [6, 6.07) is 5.39. The van der Waals surface area contributed by atoms with E-state index in [1.165, 1.54) is 0 Å². The standard InChI is InChI=1S/C11H17NO5S/c1-8-3-4-10(17-2)5-11(8)12-6-9(13)7-18(14,15)16/h3-5,9,12-13H,6-7H2,1-2H3,(H,14,15,16). The average Bonchev–Trinajstić information content (AvgIpc) is 2.25. The number of ether oxygens (including phenoxy) is 1. The van der Waals surface area contributed by atoms with E-state index in [1.54, 1.807) is 19.2 Å². The fraction of sp³-hybridized carbons (Fsp3) is 0.455. The summed E-state index contributed by atoms with van der Waals surface area (Å²) in [7, 11) is -2.62. The van der Waals surface area contributed by atoms with E-state index in [0.29, 0.717) is 5.75 Å². The van der Waals surface area contributed by atoms with Gasteiger partial charge in [-0.05, 0) is 18.6 Å². The smallest absolute Gasteiger partial charge is 0.267 e. The number of hydrogen-bond donors (Lipinski definition) is 3. The Hall–Kier alpha value is -1.31. The molecule has 0 radical (unpaired) electrons.